The number of para-hydroxylation sites is 1. The van der Waals surface area contributed by atoms with E-state index in [0.717, 1.165) is 71.2 Å². The molecule has 4 aromatic rings. The van der Waals surface area contributed by atoms with Crippen LogP contribution in [0.1, 0.15) is 37.4 Å². The van der Waals surface area contributed by atoms with Crippen molar-refractivity contribution in [2.45, 2.75) is 39.0 Å². The molecule has 0 radical (unpaired) electrons. The topological polar surface area (TPSA) is 68.2 Å². The normalized spacial score (nSPS) is 10.7. The molecular weight excluding hydrogens is 436 g/mol. The standard InChI is InChI=1S/C29H32N4O2/c1-3-4-11-24-21-29(31-23-12-8-15-27(20-23)35-26-13-6-5-7-14-26)33(32-24)25-16-17-28(30-2)22(19-25)10-9-18-34/h5-8,12-21,30-31H,3-4,9-11H2,1-2H3. The highest BCUT2D eigenvalue weighted by Gasteiger charge is 2.13. The summed E-state index contributed by atoms with van der Waals surface area (Å²) in [5.41, 5.74) is 5.01. The molecule has 6 nitrogen and oxygen atoms in total. The molecule has 3 aromatic carbocycles. The zero-order valence-electron chi connectivity index (χ0n) is 20.3. The van der Waals surface area contributed by atoms with Crippen LogP contribution in [0.4, 0.5) is 17.2 Å². The van der Waals surface area contributed by atoms with Gasteiger partial charge in [-0.25, -0.2) is 4.68 Å². The number of ether oxygens (including phenoxy) is 1. The van der Waals surface area contributed by atoms with Crippen LogP contribution in [-0.4, -0.2) is 23.1 Å². The zero-order chi connectivity index (χ0) is 24.5. The third-order valence-corrected chi connectivity index (χ3v) is 5.77. The van der Waals surface area contributed by atoms with E-state index in [-0.39, 0.29) is 0 Å². The summed E-state index contributed by atoms with van der Waals surface area (Å²) >= 11 is 0. The van der Waals surface area contributed by atoms with Crippen LogP contribution in [0, 0.1) is 0 Å². The maximum atomic E-state index is 11.0. The van der Waals surface area contributed by atoms with Crippen LogP contribution >= 0.6 is 0 Å². The first kappa shape index (κ1) is 24.1. The molecule has 180 valence electrons. The molecule has 1 aromatic heterocycles. The van der Waals surface area contributed by atoms with Gasteiger partial charge in [-0.1, -0.05) is 37.6 Å². The Morgan fingerprint density at radius 3 is 2.54 bits per heavy atom. The molecule has 0 spiro atoms. The van der Waals surface area contributed by atoms with Crippen LogP contribution in [0.3, 0.4) is 0 Å². The van der Waals surface area contributed by atoms with Gasteiger partial charge in [-0.3, -0.25) is 0 Å². The van der Waals surface area contributed by atoms with E-state index >= 15 is 0 Å². The number of carbonyl (C=O) groups excluding carboxylic acids is 1. The van der Waals surface area contributed by atoms with Gasteiger partial charge in [0.25, 0.3) is 0 Å². The molecule has 0 bridgehead atoms. The van der Waals surface area contributed by atoms with Crippen molar-refractivity contribution in [3.63, 3.8) is 0 Å². The predicted octanol–water partition coefficient (Wildman–Crippen LogP) is 6.92. The van der Waals surface area contributed by atoms with Crippen molar-refractivity contribution >= 4 is 23.5 Å². The lowest BCUT2D eigenvalue weighted by Crippen LogP contribution is -2.05. The quantitative estimate of drug-likeness (QED) is 0.221. The Hall–Kier alpha value is -4.06. The molecule has 0 saturated carbocycles. The lowest BCUT2D eigenvalue weighted by Gasteiger charge is -2.14. The van der Waals surface area contributed by atoms with Crippen molar-refractivity contribution in [2.24, 2.45) is 0 Å². The van der Waals surface area contributed by atoms with Crippen LogP contribution in [0.25, 0.3) is 5.69 Å². The van der Waals surface area contributed by atoms with E-state index in [1.54, 1.807) is 0 Å². The number of aryl methyl sites for hydroxylation is 2. The van der Waals surface area contributed by atoms with E-state index < -0.39 is 0 Å². The first-order valence-electron chi connectivity index (χ1n) is 12.1. The summed E-state index contributed by atoms with van der Waals surface area (Å²) in [6, 6.07) is 26.0. The lowest BCUT2D eigenvalue weighted by atomic mass is 10.1. The van der Waals surface area contributed by atoms with E-state index in [4.69, 9.17) is 9.84 Å². The number of hydrogen-bond donors (Lipinski definition) is 2. The van der Waals surface area contributed by atoms with Gasteiger partial charge in [0.15, 0.2) is 0 Å². The molecule has 0 aliphatic rings. The third kappa shape index (κ3) is 6.29. The fourth-order valence-electron chi connectivity index (χ4n) is 3.98. The summed E-state index contributed by atoms with van der Waals surface area (Å²) < 4.78 is 7.95. The number of benzene rings is 3. The van der Waals surface area contributed by atoms with Crippen molar-refractivity contribution < 1.29 is 9.53 Å². The van der Waals surface area contributed by atoms with Crippen molar-refractivity contribution in [1.29, 1.82) is 0 Å². The lowest BCUT2D eigenvalue weighted by molar-refractivity contribution is -0.107. The highest BCUT2D eigenvalue weighted by atomic mass is 16.5. The van der Waals surface area contributed by atoms with Gasteiger partial charge < -0.3 is 20.2 Å². The Morgan fingerprint density at radius 2 is 1.77 bits per heavy atom. The first-order chi connectivity index (χ1) is 17.2. The highest BCUT2D eigenvalue weighted by Crippen LogP contribution is 2.29. The summed E-state index contributed by atoms with van der Waals surface area (Å²) in [5, 5.41) is 11.7. The van der Waals surface area contributed by atoms with Crippen molar-refractivity contribution in [3.8, 4) is 17.2 Å². The van der Waals surface area contributed by atoms with Gasteiger partial charge in [0.1, 0.15) is 23.6 Å². The summed E-state index contributed by atoms with van der Waals surface area (Å²) in [4.78, 5) is 11.0. The molecular formula is C29H32N4O2. The van der Waals surface area contributed by atoms with Gasteiger partial charge in [0.05, 0.1) is 11.4 Å². The van der Waals surface area contributed by atoms with E-state index in [2.05, 4.69) is 29.7 Å². The van der Waals surface area contributed by atoms with Crippen LogP contribution in [0.5, 0.6) is 11.5 Å². The summed E-state index contributed by atoms with van der Waals surface area (Å²) in [6.45, 7) is 2.18. The number of nitrogens with zero attached hydrogens (tertiary/aromatic N) is 2. The Balaban J connectivity index is 1.65. The maximum Gasteiger partial charge on any atom is 0.134 e. The summed E-state index contributed by atoms with van der Waals surface area (Å²) in [6.07, 6.45) is 5.24. The van der Waals surface area contributed by atoms with E-state index in [9.17, 15) is 4.79 Å². The third-order valence-electron chi connectivity index (χ3n) is 5.77. The monoisotopic (exact) mass is 468 g/mol. The van der Waals surface area contributed by atoms with Crippen molar-refractivity contribution in [2.75, 3.05) is 17.7 Å². The largest absolute Gasteiger partial charge is 0.457 e. The molecule has 1 heterocycles. The van der Waals surface area contributed by atoms with Gasteiger partial charge in [0.2, 0.25) is 0 Å². The van der Waals surface area contributed by atoms with Crippen molar-refractivity contribution in [1.82, 2.24) is 9.78 Å². The molecule has 35 heavy (non-hydrogen) atoms. The Bertz CT molecular complexity index is 1250. The number of aromatic nitrogens is 2. The molecule has 0 atom stereocenters. The number of hydrogen-bond acceptors (Lipinski definition) is 5. The van der Waals surface area contributed by atoms with Gasteiger partial charge in [-0.2, -0.15) is 5.10 Å². The van der Waals surface area contributed by atoms with Crippen LogP contribution in [0.15, 0.2) is 78.9 Å². The second-order valence-electron chi connectivity index (χ2n) is 8.40. The Kier molecular flexibility index (Phi) is 8.17. The molecule has 6 heteroatoms. The van der Waals surface area contributed by atoms with Crippen LogP contribution < -0.4 is 15.4 Å². The Labute approximate surface area is 207 Å². The second kappa shape index (κ2) is 11.9. The van der Waals surface area contributed by atoms with Gasteiger partial charge in [0, 0.05) is 37.0 Å². The van der Waals surface area contributed by atoms with Crippen molar-refractivity contribution in [3.05, 3.63) is 90.1 Å². The second-order valence-corrected chi connectivity index (χ2v) is 8.40. The average Bonchev–Trinajstić information content (AvgIpc) is 3.29. The van der Waals surface area contributed by atoms with E-state index in [1.165, 1.54) is 0 Å². The number of nitrogens with one attached hydrogen (secondary N) is 2. The van der Waals surface area contributed by atoms with Crippen LogP contribution in [0.2, 0.25) is 0 Å². The maximum absolute atomic E-state index is 11.0. The molecule has 4 rings (SSSR count). The molecule has 0 aliphatic carbocycles. The minimum atomic E-state index is 0.484. The molecule has 0 saturated heterocycles. The first-order valence-corrected chi connectivity index (χ1v) is 12.1. The molecule has 0 unspecified atom stereocenters. The number of aldehydes is 1. The highest BCUT2D eigenvalue weighted by molar-refractivity contribution is 5.63. The van der Waals surface area contributed by atoms with Gasteiger partial charge in [-0.15, -0.1) is 0 Å². The fourth-order valence-corrected chi connectivity index (χ4v) is 3.98. The zero-order valence-corrected chi connectivity index (χ0v) is 20.3. The minimum Gasteiger partial charge on any atom is -0.457 e. The van der Waals surface area contributed by atoms with Gasteiger partial charge >= 0.3 is 0 Å². The number of anilines is 3. The molecule has 0 aliphatic heterocycles. The summed E-state index contributed by atoms with van der Waals surface area (Å²) in [5.74, 6) is 2.43. The minimum absolute atomic E-state index is 0.484. The Morgan fingerprint density at radius 1 is 0.943 bits per heavy atom. The van der Waals surface area contributed by atoms with E-state index in [0.29, 0.717) is 12.8 Å². The van der Waals surface area contributed by atoms with Gasteiger partial charge in [-0.05, 0) is 67.3 Å². The molecule has 2 N–H and O–H groups in total. The number of rotatable bonds is 12. The predicted molar refractivity (Wildman–Crippen MR) is 142 cm³/mol. The SMILES string of the molecule is CCCCc1cc(Nc2cccc(Oc3ccccc3)c2)n(-c2ccc(NC)c(CCC=O)c2)n1. The number of carbonyl (C=O) groups is 1. The van der Waals surface area contributed by atoms with E-state index in [1.807, 2.05) is 78.5 Å². The molecule has 0 amide bonds. The summed E-state index contributed by atoms with van der Waals surface area (Å²) in [7, 11) is 1.90. The number of unbranched alkanes of at least 4 members (excludes halogenated alkanes) is 1. The smallest absolute Gasteiger partial charge is 0.134 e. The average molecular weight is 469 g/mol. The van der Waals surface area contributed by atoms with Crippen LogP contribution in [-0.2, 0) is 17.6 Å². The fraction of sp³-hybridized carbons (Fsp3) is 0.241. The molecule has 0 fully saturated rings.